The van der Waals surface area contributed by atoms with Gasteiger partial charge in [0.2, 0.25) is 5.95 Å². The Kier molecular flexibility index (Phi) is 3.89. The molecule has 5 rings (SSSR count). The van der Waals surface area contributed by atoms with Crippen LogP contribution in [-0.4, -0.2) is 59.2 Å². The molecular weight excluding hydrogens is 328 g/mol. The molecule has 2 aromatic rings. The van der Waals surface area contributed by atoms with Crippen LogP contribution >= 0.6 is 0 Å². The molecule has 2 saturated heterocycles. The number of nitrogens with zero attached hydrogens (tertiary/aromatic N) is 4. The molecule has 0 radical (unpaired) electrons. The third-order valence-electron chi connectivity index (χ3n) is 6.31. The second-order valence-corrected chi connectivity index (χ2v) is 7.92. The van der Waals surface area contributed by atoms with Crippen LogP contribution in [0.3, 0.4) is 0 Å². The molecule has 6 nitrogen and oxygen atoms in total. The molecule has 1 saturated carbocycles. The molecule has 2 atom stereocenters. The molecule has 1 aromatic carbocycles. The summed E-state index contributed by atoms with van der Waals surface area (Å²) in [5.74, 6) is 1.86. The number of hydrogen-bond acceptors (Lipinski definition) is 4. The number of amides is 1. The minimum Gasteiger partial charge on any atom is -0.378 e. The lowest BCUT2D eigenvalue weighted by atomic mass is 9.90. The number of carbonyl (C=O) groups is 1. The van der Waals surface area contributed by atoms with Crippen LogP contribution in [0.4, 0.5) is 5.95 Å². The van der Waals surface area contributed by atoms with E-state index in [1.165, 1.54) is 19.3 Å². The first kappa shape index (κ1) is 16.1. The van der Waals surface area contributed by atoms with Crippen molar-refractivity contribution in [3.8, 4) is 0 Å². The summed E-state index contributed by atoms with van der Waals surface area (Å²) in [6, 6.07) is 6.44. The predicted molar refractivity (Wildman–Crippen MR) is 101 cm³/mol. The minimum atomic E-state index is 0.180. The number of morpholine rings is 1. The number of aryl methyl sites for hydroxylation is 1. The molecule has 3 aliphatic rings. The van der Waals surface area contributed by atoms with Gasteiger partial charge in [-0.25, -0.2) is 4.98 Å². The van der Waals surface area contributed by atoms with E-state index in [-0.39, 0.29) is 5.91 Å². The molecule has 0 spiro atoms. The number of aromatic nitrogens is 2. The van der Waals surface area contributed by atoms with Gasteiger partial charge in [-0.05, 0) is 43.4 Å². The largest absolute Gasteiger partial charge is 0.378 e. The van der Waals surface area contributed by atoms with E-state index in [1.54, 1.807) is 0 Å². The number of imidazole rings is 1. The van der Waals surface area contributed by atoms with Crippen molar-refractivity contribution < 1.29 is 9.53 Å². The molecule has 26 heavy (non-hydrogen) atoms. The summed E-state index contributed by atoms with van der Waals surface area (Å²) in [6.07, 6.45) is 4.90. The molecule has 3 heterocycles. The van der Waals surface area contributed by atoms with Crippen molar-refractivity contribution in [2.45, 2.75) is 31.7 Å². The number of anilines is 1. The average molecular weight is 354 g/mol. The molecule has 2 bridgehead atoms. The summed E-state index contributed by atoms with van der Waals surface area (Å²) >= 11 is 0. The Balaban J connectivity index is 1.45. The average Bonchev–Trinajstić information content (AvgIpc) is 3.17. The Morgan fingerprint density at radius 2 is 2.08 bits per heavy atom. The zero-order valence-corrected chi connectivity index (χ0v) is 15.4. The van der Waals surface area contributed by atoms with Crippen molar-refractivity contribution in [3.63, 3.8) is 0 Å². The van der Waals surface area contributed by atoms with Crippen LogP contribution < -0.4 is 4.90 Å². The van der Waals surface area contributed by atoms with Crippen molar-refractivity contribution in [3.05, 3.63) is 23.8 Å². The first-order chi connectivity index (χ1) is 12.7. The summed E-state index contributed by atoms with van der Waals surface area (Å²) in [5.41, 5.74) is 2.75. The van der Waals surface area contributed by atoms with Gasteiger partial charge in [-0.3, -0.25) is 4.79 Å². The highest BCUT2D eigenvalue weighted by Crippen LogP contribution is 2.36. The third kappa shape index (κ3) is 2.58. The van der Waals surface area contributed by atoms with Gasteiger partial charge in [0, 0.05) is 38.3 Å². The van der Waals surface area contributed by atoms with Gasteiger partial charge in [0.1, 0.15) is 0 Å². The highest BCUT2D eigenvalue weighted by Gasteiger charge is 2.38. The van der Waals surface area contributed by atoms with Crippen LogP contribution in [0.1, 0.15) is 36.0 Å². The topological polar surface area (TPSA) is 50.6 Å². The number of benzene rings is 1. The smallest absolute Gasteiger partial charge is 0.254 e. The summed E-state index contributed by atoms with van der Waals surface area (Å²) < 4.78 is 7.57. The van der Waals surface area contributed by atoms with E-state index in [0.717, 1.165) is 61.8 Å². The summed E-state index contributed by atoms with van der Waals surface area (Å²) in [4.78, 5) is 22.3. The van der Waals surface area contributed by atoms with Gasteiger partial charge in [0.15, 0.2) is 0 Å². The molecule has 1 amide bonds. The number of rotatable bonds is 2. The highest BCUT2D eigenvalue weighted by molar-refractivity contribution is 5.98. The maximum absolute atomic E-state index is 13.1. The number of fused-ring (bicyclic) bond motifs is 3. The van der Waals surface area contributed by atoms with Gasteiger partial charge in [-0.15, -0.1) is 0 Å². The van der Waals surface area contributed by atoms with Crippen LogP contribution in [0.2, 0.25) is 0 Å². The molecule has 2 aliphatic heterocycles. The number of ether oxygens (including phenoxy) is 1. The second kappa shape index (κ2) is 6.27. The standard InChI is InChI=1S/C20H26N4O2/c1-22-18-6-5-15(19(25)24-13-14-3-2-4-16(24)11-14)12-17(18)21-20(22)23-7-9-26-10-8-23/h5-6,12,14,16H,2-4,7-11,13H2,1H3/t14-,16+/m0/s1. The number of hydrogen-bond donors (Lipinski definition) is 0. The first-order valence-electron chi connectivity index (χ1n) is 9.81. The maximum atomic E-state index is 13.1. The van der Waals surface area contributed by atoms with Crippen LogP contribution in [-0.2, 0) is 11.8 Å². The van der Waals surface area contributed by atoms with Gasteiger partial charge >= 0.3 is 0 Å². The molecule has 1 aliphatic carbocycles. The number of likely N-dealkylation sites (tertiary alicyclic amines) is 1. The summed E-state index contributed by atoms with van der Waals surface area (Å²) in [6.45, 7) is 4.14. The van der Waals surface area contributed by atoms with Crippen molar-refractivity contribution in [2.75, 3.05) is 37.7 Å². The monoisotopic (exact) mass is 354 g/mol. The zero-order valence-electron chi connectivity index (χ0n) is 15.4. The van der Waals surface area contributed by atoms with E-state index in [0.29, 0.717) is 12.0 Å². The summed E-state index contributed by atoms with van der Waals surface area (Å²) in [5, 5.41) is 0. The van der Waals surface area contributed by atoms with Gasteiger partial charge < -0.3 is 19.1 Å². The fourth-order valence-electron chi connectivity index (χ4n) is 4.92. The van der Waals surface area contributed by atoms with Gasteiger partial charge in [-0.2, -0.15) is 0 Å². The molecule has 1 aromatic heterocycles. The Bertz CT molecular complexity index is 840. The lowest BCUT2D eigenvalue weighted by Gasteiger charge is -2.27. The van der Waals surface area contributed by atoms with E-state index in [9.17, 15) is 4.79 Å². The number of carbonyl (C=O) groups excluding carboxylic acids is 1. The van der Waals surface area contributed by atoms with E-state index in [4.69, 9.17) is 9.72 Å². The van der Waals surface area contributed by atoms with Gasteiger partial charge in [-0.1, -0.05) is 6.42 Å². The van der Waals surface area contributed by atoms with Gasteiger partial charge in [0.05, 0.1) is 24.2 Å². The predicted octanol–water partition coefficient (Wildman–Crippen LogP) is 2.42. The Labute approximate surface area is 153 Å². The quantitative estimate of drug-likeness (QED) is 0.831. The third-order valence-corrected chi connectivity index (χ3v) is 6.31. The Morgan fingerprint density at radius 3 is 2.88 bits per heavy atom. The molecule has 3 fully saturated rings. The molecular formula is C20H26N4O2. The summed E-state index contributed by atoms with van der Waals surface area (Å²) in [7, 11) is 2.05. The molecule has 0 N–H and O–H groups in total. The Hall–Kier alpha value is -2.08. The second-order valence-electron chi connectivity index (χ2n) is 7.92. The maximum Gasteiger partial charge on any atom is 0.254 e. The van der Waals surface area contributed by atoms with Crippen LogP contribution in [0.5, 0.6) is 0 Å². The van der Waals surface area contributed by atoms with E-state index in [1.807, 2.05) is 25.2 Å². The zero-order chi connectivity index (χ0) is 17.7. The fraction of sp³-hybridized carbons (Fsp3) is 0.600. The highest BCUT2D eigenvalue weighted by atomic mass is 16.5. The van der Waals surface area contributed by atoms with Gasteiger partial charge in [0.25, 0.3) is 5.91 Å². The van der Waals surface area contributed by atoms with E-state index in [2.05, 4.69) is 14.4 Å². The minimum absolute atomic E-state index is 0.180. The lowest BCUT2D eigenvalue weighted by molar-refractivity contribution is 0.0733. The van der Waals surface area contributed by atoms with E-state index >= 15 is 0 Å². The fourth-order valence-corrected chi connectivity index (χ4v) is 4.92. The van der Waals surface area contributed by atoms with Crippen LogP contribution in [0.15, 0.2) is 18.2 Å². The van der Waals surface area contributed by atoms with Crippen LogP contribution in [0.25, 0.3) is 11.0 Å². The van der Waals surface area contributed by atoms with Crippen molar-refractivity contribution >= 4 is 22.9 Å². The molecule has 0 unspecified atom stereocenters. The van der Waals surface area contributed by atoms with Crippen molar-refractivity contribution in [2.24, 2.45) is 13.0 Å². The van der Waals surface area contributed by atoms with E-state index < -0.39 is 0 Å². The SMILES string of the molecule is Cn1c(N2CCOCC2)nc2cc(C(=O)N3C[C@H]4CCC[C@@H]3C4)ccc21. The molecule has 138 valence electrons. The van der Waals surface area contributed by atoms with Crippen molar-refractivity contribution in [1.29, 1.82) is 0 Å². The first-order valence-corrected chi connectivity index (χ1v) is 9.81. The Morgan fingerprint density at radius 1 is 1.23 bits per heavy atom. The lowest BCUT2D eigenvalue weighted by Crippen LogP contribution is -2.37. The molecule has 6 heteroatoms. The van der Waals surface area contributed by atoms with Crippen molar-refractivity contribution in [1.82, 2.24) is 14.5 Å². The van der Waals surface area contributed by atoms with Crippen LogP contribution in [0, 0.1) is 5.92 Å². The normalized spacial score (nSPS) is 25.9.